The second-order valence-corrected chi connectivity index (χ2v) is 4.20. The molecule has 1 aromatic carbocycles. The van der Waals surface area contributed by atoms with E-state index in [2.05, 4.69) is 11.0 Å². The van der Waals surface area contributed by atoms with Gasteiger partial charge in [-0.05, 0) is 31.5 Å². The number of nitrogens with two attached hydrogens (primary N) is 1. The summed E-state index contributed by atoms with van der Waals surface area (Å²) in [6.07, 6.45) is 0.533. The summed E-state index contributed by atoms with van der Waals surface area (Å²) < 4.78 is 0. The summed E-state index contributed by atoms with van der Waals surface area (Å²) in [6, 6.07) is 10.7. The Bertz CT molecular complexity index is 362. The molecule has 86 valence electrons. The van der Waals surface area contributed by atoms with Gasteiger partial charge in [0.1, 0.15) is 0 Å². The molecule has 0 aromatic heterocycles. The van der Waals surface area contributed by atoms with Crippen molar-refractivity contribution in [2.45, 2.75) is 32.4 Å². The van der Waals surface area contributed by atoms with Gasteiger partial charge in [0.05, 0.1) is 12.5 Å². The second-order valence-electron chi connectivity index (χ2n) is 4.20. The lowest BCUT2D eigenvalue weighted by molar-refractivity contribution is 0.702. The molecule has 0 aliphatic heterocycles. The zero-order chi connectivity index (χ0) is 12.1. The smallest absolute Gasteiger partial charge is 0.0643 e. The van der Waals surface area contributed by atoms with Gasteiger partial charge >= 0.3 is 0 Å². The van der Waals surface area contributed by atoms with Gasteiger partial charge in [0.25, 0.3) is 0 Å². The van der Waals surface area contributed by atoms with Crippen LogP contribution in [0.2, 0.25) is 0 Å². The molecule has 0 fully saturated rings. The van der Waals surface area contributed by atoms with E-state index in [0.717, 1.165) is 11.3 Å². The fraction of sp³-hybridized carbons (Fsp3) is 0.462. The molecule has 2 N–H and O–H groups in total. The number of hydrogen-bond donors (Lipinski definition) is 1. The van der Waals surface area contributed by atoms with Crippen molar-refractivity contribution in [3.8, 4) is 6.07 Å². The normalized spacial score (nSPS) is 13.9. The van der Waals surface area contributed by atoms with Crippen LogP contribution in [-0.4, -0.2) is 13.1 Å². The summed E-state index contributed by atoms with van der Waals surface area (Å²) in [5.41, 5.74) is 8.04. The van der Waals surface area contributed by atoms with Crippen molar-refractivity contribution in [1.82, 2.24) is 0 Å². The molecule has 16 heavy (non-hydrogen) atoms. The topological polar surface area (TPSA) is 53.0 Å². The first-order valence-electron chi connectivity index (χ1n) is 5.51. The first-order chi connectivity index (χ1) is 7.56. The van der Waals surface area contributed by atoms with E-state index in [1.54, 1.807) is 0 Å². The van der Waals surface area contributed by atoms with E-state index in [-0.39, 0.29) is 12.1 Å². The fourth-order valence-electron chi connectivity index (χ4n) is 1.54. The molecule has 2 unspecified atom stereocenters. The zero-order valence-electron chi connectivity index (χ0n) is 10.1. The fourth-order valence-corrected chi connectivity index (χ4v) is 1.54. The van der Waals surface area contributed by atoms with Gasteiger partial charge in [0.15, 0.2) is 0 Å². The molecule has 3 nitrogen and oxygen atoms in total. The summed E-state index contributed by atoms with van der Waals surface area (Å²) in [5, 5.41) is 8.66. The molecule has 1 aromatic rings. The molecule has 0 spiro atoms. The number of hydrogen-bond acceptors (Lipinski definition) is 3. The van der Waals surface area contributed by atoms with Crippen LogP contribution in [0.4, 0.5) is 5.69 Å². The van der Waals surface area contributed by atoms with Crippen molar-refractivity contribution >= 4 is 5.69 Å². The second kappa shape index (κ2) is 5.53. The molecule has 0 amide bonds. The summed E-state index contributed by atoms with van der Waals surface area (Å²) in [4.78, 5) is 2.11. The van der Waals surface area contributed by atoms with Crippen LogP contribution in [0.3, 0.4) is 0 Å². The van der Waals surface area contributed by atoms with Crippen molar-refractivity contribution in [2.24, 2.45) is 5.73 Å². The van der Waals surface area contributed by atoms with Crippen LogP contribution in [-0.2, 0) is 0 Å². The van der Waals surface area contributed by atoms with E-state index in [4.69, 9.17) is 11.0 Å². The average Bonchev–Trinajstić information content (AvgIpc) is 2.28. The SMILES string of the molecule is CC(N)c1ccc(N(C)C(C)CC#N)cc1. The van der Waals surface area contributed by atoms with Crippen molar-refractivity contribution < 1.29 is 0 Å². The Labute approximate surface area is 97.5 Å². The average molecular weight is 217 g/mol. The molecule has 0 radical (unpaired) electrons. The molecule has 3 heteroatoms. The molecule has 0 saturated heterocycles. The number of anilines is 1. The minimum atomic E-state index is 0.0656. The van der Waals surface area contributed by atoms with Crippen LogP contribution in [0.15, 0.2) is 24.3 Å². The van der Waals surface area contributed by atoms with Crippen molar-refractivity contribution in [1.29, 1.82) is 5.26 Å². The summed E-state index contributed by atoms with van der Waals surface area (Å²) >= 11 is 0. The van der Waals surface area contributed by atoms with Crippen molar-refractivity contribution in [3.05, 3.63) is 29.8 Å². The molecule has 0 saturated carbocycles. The quantitative estimate of drug-likeness (QED) is 0.842. The highest BCUT2D eigenvalue weighted by Crippen LogP contribution is 2.19. The third-order valence-corrected chi connectivity index (χ3v) is 2.87. The molecule has 0 aliphatic rings. The Morgan fingerprint density at radius 2 is 1.88 bits per heavy atom. The maximum absolute atomic E-state index is 8.66. The molecule has 1 rings (SSSR count). The standard InChI is InChI=1S/C13H19N3/c1-10(8-9-14)16(3)13-6-4-12(5-7-13)11(2)15/h4-7,10-11H,8,15H2,1-3H3. The van der Waals surface area contributed by atoms with E-state index in [9.17, 15) is 0 Å². The third-order valence-electron chi connectivity index (χ3n) is 2.87. The predicted octanol–water partition coefficient (Wildman–Crippen LogP) is 2.44. The van der Waals surface area contributed by atoms with Gasteiger partial charge in [0.2, 0.25) is 0 Å². The largest absolute Gasteiger partial charge is 0.371 e. The lowest BCUT2D eigenvalue weighted by Crippen LogP contribution is -2.28. The summed E-state index contributed by atoms with van der Waals surface area (Å²) in [5.74, 6) is 0. The lowest BCUT2D eigenvalue weighted by atomic mass is 10.1. The molecule has 2 atom stereocenters. The summed E-state index contributed by atoms with van der Waals surface area (Å²) in [7, 11) is 2.00. The van der Waals surface area contributed by atoms with E-state index in [1.807, 2.05) is 45.2 Å². The zero-order valence-corrected chi connectivity index (χ0v) is 10.1. The van der Waals surface area contributed by atoms with E-state index >= 15 is 0 Å². The van der Waals surface area contributed by atoms with Crippen LogP contribution in [0.1, 0.15) is 31.9 Å². The lowest BCUT2D eigenvalue weighted by Gasteiger charge is -2.25. The van der Waals surface area contributed by atoms with Crippen LogP contribution < -0.4 is 10.6 Å². The Balaban J connectivity index is 2.78. The predicted molar refractivity (Wildman–Crippen MR) is 67.1 cm³/mol. The first-order valence-corrected chi connectivity index (χ1v) is 5.51. The minimum absolute atomic E-state index is 0.0656. The highest BCUT2D eigenvalue weighted by Gasteiger charge is 2.09. The number of benzene rings is 1. The number of nitrogens with zero attached hydrogens (tertiary/aromatic N) is 2. The summed E-state index contributed by atoms with van der Waals surface area (Å²) in [6.45, 7) is 4.01. The maximum Gasteiger partial charge on any atom is 0.0643 e. The van der Waals surface area contributed by atoms with Crippen LogP contribution in [0, 0.1) is 11.3 Å². The highest BCUT2D eigenvalue weighted by molar-refractivity contribution is 5.48. The molecule has 0 bridgehead atoms. The van der Waals surface area contributed by atoms with E-state index in [1.165, 1.54) is 0 Å². The molecular weight excluding hydrogens is 198 g/mol. The van der Waals surface area contributed by atoms with Gasteiger partial charge in [-0.15, -0.1) is 0 Å². The molecule has 0 aliphatic carbocycles. The van der Waals surface area contributed by atoms with Gasteiger partial charge in [0, 0.05) is 24.8 Å². The van der Waals surface area contributed by atoms with Gasteiger partial charge in [-0.1, -0.05) is 12.1 Å². The Kier molecular flexibility index (Phi) is 4.33. The Morgan fingerprint density at radius 1 is 1.31 bits per heavy atom. The van der Waals surface area contributed by atoms with Gasteiger partial charge in [-0.2, -0.15) is 5.26 Å². The van der Waals surface area contributed by atoms with Gasteiger partial charge in [-0.25, -0.2) is 0 Å². The van der Waals surface area contributed by atoms with Crippen molar-refractivity contribution in [3.63, 3.8) is 0 Å². The van der Waals surface area contributed by atoms with Crippen LogP contribution in [0.25, 0.3) is 0 Å². The minimum Gasteiger partial charge on any atom is -0.371 e. The number of nitriles is 1. The molecule has 0 heterocycles. The van der Waals surface area contributed by atoms with Gasteiger partial charge in [-0.3, -0.25) is 0 Å². The Morgan fingerprint density at radius 3 is 2.31 bits per heavy atom. The van der Waals surface area contributed by atoms with Gasteiger partial charge < -0.3 is 10.6 Å². The third kappa shape index (κ3) is 2.98. The monoisotopic (exact) mass is 217 g/mol. The van der Waals surface area contributed by atoms with Crippen molar-refractivity contribution in [2.75, 3.05) is 11.9 Å². The maximum atomic E-state index is 8.66. The highest BCUT2D eigenvalue weighted by atomic mass is 15.1. The van der Waals surface area contributed by atoms with E-state index < -0.39 is 0 Å². The first kappa shape index (κ1) is 12.5. The molecular formula is C13H19N3. The van der Waals surface area contributed by atoms with Crippen LogP contribution >= 0.6 is 0 Å². The van der Waals surface area contributed by atoms with E-state index in [0.29, 0.717) is 6.42 Å². The van der Waals surface area contributed by atoms with Crippen LogP contribution in [0.5, 0.6) is 0 Å². The Hall–Kier alpha value is -1.53. The number of rotatable bonds is 4.